The molecule has 2 fully saturated rings. The summed E-state index contributed by atoms with van der Waals surface area (Å²) in [5.74, 6) is 3.21. The van der Waals surface area contributed by atoms with Gasteiger partial charge in [0.15, 0.2) is 0 Å². The highest BCUT2D eigenvalue weighted by molar-refractivity contribution is 5.82. The maximum absolute atomic E-state index is 11.6. The molecule has 0 aromatic rings. The second kappa shape index (κ2) is 2.86. The van der Waals surface area contributed by atoms with Crippen molar-refractivity contribution in [2.45, 2.75) is 39.5 Å². The second-order valence-corrected chi connectivity index (χ2v) is 4.73. The van der Waals surface area contributed by atoms with Crippen molar-refractivity contribution in [3.05, 3.63) is 0 Å². The van der Waals surface area contributed by atoms with Gasteiger partial charge in [0.1, 0.15) is 5.78 Å². The predicted octanol–water partition coefficient (Wildman–Crippen LogP) is 2.65. The third kappa shape index (κ3) is 1.10. The number of hydrogen-bond acceptors (Lipinski definition) is 1. The van der Waals surface area contributed by atoms with Crippen LogP contribution in [-0.2, 0) is 4.79 Å². The zero-order valence-electron chi connectivity index (χ0n) is 8.05. The number of carbonyl (C=O) groups is 1. The van der Waals surface area contributed by atoms with Gasteiger partial charge in [-0.3, -0.25) is 4.79 Å². The van der Waals surface area contributed by atoms with Crippen LogP contribution in [0.3, 0.4) is 0 Å². The second-order valence-electron chi connectivity index (χ2n) is 4.73. The molecule has 0 saturated heterocycles. The van der Waals surface area contributed by atoms with Gasteiger partial charge in [0.2, 0.25) is 0 Å². The zero-order valence-corrected chi connectivity index (χ0v) is 8.05. The quantitative estimate of drug-likeness (QED) is 0.540. The van der Waals surface area contributed by atoms with Crippen LogP contribution in [0, 0.1) is 23.7 Å². The predicted molar refractivity (Wildman–Crippen MR) is 48.8 cm³/mol. The minimum atomic E-state index is 0.439. The standard InChI is InChI=1S/C11H18O/c1-7-4-6-10(12)11-8(2)3-5-9(7)11/h7-9,11H,3-6H2,1-2H3. The fourth-order valence-electron chi connectivity index (χ4n) is 3.18. The van der Waals surface area contributed by atoms with Gasteiger partial charge in [0, 0.05) is 12.3 Å². The van der Waals surface area contributed by atoms with Crippen molar-refractivity contribution < 1.29 is 4.79 Å². The van der Waals surface area contributed by atoms with Crippen molar-refractivity contribution >= 4 is 5.78 Å². The summed E-state index contributed by atoms with van der Waals surface area (Å²) in [5, 5.41) is 0. The van der Waals surface area contributed by atoms with Gasteiger partial charge in [-0.25, -0.2) is 0 Å². The third-order valence-electron chi connectivity index (χ3n) is 3.98. The Bertz CT molecular complexity index is 197. The van der Waals surface area contributed by atoms with Gasteiger partial charge in [-0.15, -0.1) is 0 Å². The average molecular weight is 166 g/mol. The lowest BCUT2D eigenvalue weighted by molar-refractivity contribution is -0.128. The lowest BCUT2D eigenvalue weighted by Gasteiger charge is -2.31. The maximum atomic E-state index is 11.6. The molecule has 0 radical (unpaired) electrons. The Morgan fingerprint density at radius 2 is 1.83 bits per heavy atom. The summed E-state index contributed by atoms with van der Waals surface area (Å²) in [5.41, 5.74) is 0. The fourth-order valence-corrected chi connectivity index (χ4v) is 3.18. The van der Waals surface area contributed by atoms with Crippen LogP contribution in [0.5, 0.6) is 0 Å². The summed E-state index contributed by atoms with van der Waals surface area (Å²) in [6, 6.07) is 0. The summed E-state index contributed by atoms with van der Waals surface area (Å²) in [6.07, 6.45) is 4.59. The molecule has 4 unspecified atom stereocenters. The van der Waals surface area contributed by atoms with Gasteiger partial charge < -0.3 is 0 Å². The number of hydrogen-bond donors (Lipinski definition) is 0. The van der Waals surface area contributed by atoms with Gasteiger partial charge in [0.05, 0.1) is 0 Å². The van der Waals surface area contributed by atoms with Crippen LogP contribution in [0.1, 0.15) is 39.5 Å². The molecule has 1 heteroatoms. The minimum absolute atomic E-state index is 0.439. The molecular formula is C11H18O. The zero-order chi connectivity index (χ0) is 8.72. The molecule has 2 saturated carbocycles. The molecule has 12 heavy (non-hydrogen) atoms. The smallest absolute Gasteiger partial charge is 0.136 e. The first-order valence-electron chi connectivity index (χ1n) is 5.23. The number of rotatable bonds is 0. The van der Waals surface area contributed by atoms with Crippen LogP contribution in [0.25, 0.3) is 0 Å². The molecule has 0 aromatic heterocycles. The number of ketones is 1. The average Bonchev–Trinajstić information content (AvgIpc) is 2.42. The first kappa shape index (κ1) is 8.28. The van der Waals surface area contributed by atoms with Gasteiger partial charge in [0.25, 0.3) is 0 Å². The van der Waals surface area contributed by atoms with E-state index in [2.05, 4.69) is 13.8 Å². The molecule has 1 nitrogen and oxygen atoms in total. The van der Waals surface area contributed by atoms with Gasteiger partial charge in [-0.2, -0.15) is 0 Å². The molecule has 0 N–H and O–H groups in total. The highest BCUT2D eigenvalue weighted by Crippen LogP contribution is 2.46. The van der Waals surface area contributed by atoms with Crippen LogP contribution < -0.4 is 0 Å². The van der Waals surface area contributed by atoms with E-state index in [9.17, 15) is 4.79 Å². The Hall–Kier alpha value is -0.330. The van der Waals surface area contributed by atoms with Crippen LogP contribution in [0.15, 0.2) is 0 Å². The highest BCUT2D eigenvalue weighted by Gasteiger charge is 2.43. The molecule has 0 amide bonds. The molecule has 0 heterocycles. The first-order chi connectivity index (χ1) is 5.70. The van der Waals surface area contributed by atoms with E-state index < -0.39 is 0 Å². The van der Waals surface area contributed by atoms with Crippen molar-refractivity contribution in [2.24, 2.45) is 23.7 Å². The highest BCUT2D eigenvalue weighted by atomic mass is 16.1. The van der Waals surface area contributed by atoms with Crippen molar-refractivity contribution in [2.75, 3.05) is 0 Å². The van der Waals surface area contributed by atoms with Crippen molar-refractivity contribution in [3.8, 4) is 0 Å². The summed E-state index contributed by atoms with van der Waals surface area (Å²) in [4.78, 5) is 11.6. The Labute approximate surface area is 74.5 Å². The molecule has 0 aliphatic heterocycles. The molecule has 0 aromatic carbocycles. The Morgan fingerprint density at radius 1 is 1.08 bits per heavy atom. The third-order valence-corrected chi connectivity index (χ3v) is 3.98. The van der Waals surface area contributed by atoms with E-state index in [0.29, 0.717) is 17.6 Å². The molecule has 2 aliphatic rings. The normalized spacial score (nSPS) is 47.7. The monoisotopic (exact) mass is 166 g/mol. The van der Waals surface area contributed by atoms with Crippen LogP contribution in [-0.4, -0.2) is 5.78 Å². The number of carbonyl (C=O) groups excluding carboxylic acids is 1. The van der Waals surface area contributed by atoms with E-state index in [1.807, 2.05) is 0 Å². The van der Waals surface area contributed by atoms with E-state index in [4.69, 9.17) is 0 Å². The van der Waals surface area contributed by atoms with Crippen molar-refractivity contribution in [3.63, 3.8) is 0 Å². The van der Waals surface area contributed by atoms with E-state index in [1.54, 1.807) is 0 Å². The molecule has 0 spiro atoms. The van der Waals surface area contributed by atoms with Gasteiger partial charge >= 0.3 is 0 Å². The summed E-state index contributed by atoms with van der Waals surface area (Å²) in [7, 11) is 0. The molecule has 2 aliphatic carbocycles. The maximum Gasteiger partial charge on any atom is 0.136 e. The van der Waals surface area contributed by atoms with E-state index in [1.165, 1.54) is 12.8 Å². The molecular weight excluding hydrogens is 148 g/mol. The lowest BCUT2D eigenvalue weighted by Crippen LogP contribution is -2.32. The summed E-state index contributed by atoms with van der Waals surface area (Å²) >= 11 is 0. The first-order valence-corrected chi connectivity index (χ1v) is 5.23. The number of fused-ring (bicyclic) bond motifs is 1. The number of Topliss-reactive ketones (excluding diaryl/α,β-unsaturated/α-hetero) is 1. The Balaban J connectivity index is 2.18. The lowest BCUT2D eigenvalue weighted by atomic mass is 9.72. The van der Waals surface area contributed by atoms with E-state index >= 15 is 0 Å². The fraction of sp³-hybridized carbons (Fsp3) is 0.909. The van der Waals surface area contributed by atoms with Gasteiger partial charge in [-0.05, 0) is 37.0 Å². The molecule has 4 atom stereocenters. The summed E-state index contributed by atoms with van der Waals surface area (Å²) in [6.45, 7) is 4.57. The summed E-state index contributed by atoms with van der Waals surface area (Å²) < 4.78 is 0. The van der Waals surface area contributed by atoms with Gasteiger partial charge in [-0.1, -0.05) is 13.8 Å². The van der Waals surface area contributed by atoms with Crippen LogP contribution >= 0.6 is 0 Å². The van der Waals surface area contributed by atoms with Crippen LogP contribution in [0.2, 0.25) is 0 Å². The van der Waals surface area contributed by atoms with E-state index in [-0.39, 0.29) is 0 Å². The largest absolute Gasteiger partial charge is 0.299 e. The minimum Gasteiger partial charge on any atom is -0.299 e. The topological polar surface area (TPSA) is 17.1 Å². The van der Waals surface area contributed by atoms with E-state index in [0.717, 1.165) is 24.7 Å². The molecule has 0 bridgehead atoms. The Morgan fingerprint density at radius 3 is 2.50 bits per heavy atom. The van der Waals surface area contributed by atoms with Crippen molar-refractivity contribution in [1.29, 1.82) is 0 Å². The Kier molecular flexibility index (Phi) is 1.97. The SMILES string of the molecule is CC1CCC(=O)C2C(C)CCC12. The van der Waals surface area contributed by atoms with Crippen LogP contribution in [0.4, 0.5) is 0 Å². The molecule has 2 rings (SSSR count). The van der Waals surface area contributed by atoms with Crippen molar-refractivity contribution in [1.82, 2.24) is 0 Å². The molecule has 68 valence electrons.